The number of anilines is 1. The molecule has 0 fully saturated rings. The van der Waals surface area contributed by atoms with E-state index in [2.05, 4.69) is 23.3 Å². The molecule has 3 nitrogen and oxygen atoms in total. The van der Waals surface area contributed by atoms with Gasteiger partial charge in [-0.25, -0.2) is 4.98 Å². The molecule has 0 spiro atoms. The molecule has 2 aromatic rings. The molecule has 1 heterocycles. The topological polar surface area (TPSA) is 34.1 Å². The molecular formula is C15H18N2O. The van der Waals surface area contributed by atoms with Crippen LogP contribution in [0.2, 0.25) is 0 Å². The van der Waals surface area contributed by atoms with Crippen LogP contribution < -0.4 is 10.1 Å². The molecule has 0 radical (unpaired) electrons. The van der Waals surface area contributed by atoms with Gasteiger partial charge in [0.1, 0.15) is 11.6 Å². The molecule has 0 unspecified atom stereocenters. The number of nitrogens with zero attached hydrogens (tertiary/aromatic N) is 1. The van der Waals surface area contributed by atoms with Gasteiger partial charge in [-0.2, -0.15) is 0 Å². The third-order valence-electron chi connectivity index (χ3n) is 2.98. The predicted octanol–water partition coefficient (Wildman–Crippen LogP) is 3.32. The van der Waals surface area contributed by atoms with Gasteiger partial charge in [0, 0.05) is 12.2 Å². The number of benzene rings is 1. The van der Waals surface area contributed by atoms with E-state index in [9.17, 15) is 0 Å². The van der Waals surface area contributed by atoms with E-state index < -0.39 is 0 Å². The number of ether oxygens (including phenoxy) is 1. The molecule has 1 aromatic carbocycles. The van der Waals surface area contributed by atoms with Crippen LogP contribution in [0.15, 0.2) is 36.4 Å². The summed E-state index contributed by atoms with van der Waals surface area (Å²) in [5.41, 5.74) is 3.48. The van der Waals surface area contributed by atoms with Crippen molar-refractivity contribution in [2.75, 3.05) is 12.4 Å². The van der Waals surface area contributed by atoms with E-state index in [0.29, 0.717) is 0 Å². The monoisotopic (exact) mass is 242 g/mol. The SMILES string of the molecule is COc1ccc(CNc2ccc(C)c(C)n2)cc1. The fraction of sp³-hybridized carbons (Fsp3) is 0.267. The van der Waals surface area contributed by atoms with Crippen molar-refractivity contribution in [2.24, 2.45) is 0 Å². The highest BCUT2D eigenvalue weighted by Crippen LogP contribution is 2.13. The predicted molar refractivity (Wildman–Crippen MR) is 74.0 cm³/mol. The molecule has 0 bridgehead atoms. The van der Waals surface area contributed by atoms with Crippen LogP contribution >= 0.6 is 0 Å². The van der Waals surface area contributed by atoms with E-state index in [1.165, 1.54) is 11.1 Å². The van der Waals surface area contributed by atoms with Crippen LogP contribution in [0.3, 0.4) is 0 Å². The van der Waals surface area contributed by atoms with Gasteiger partial charge in [-0.3, -0.25) is 0 Å². The molecule has 0 saturated heterocycles. The lowest BCUT2D eigenvalue weighted by molar-refractivity contribution is 0.414. The summed E-state index contributed by atoms with van der Waals surface area (Å²) in [6, 6.07) is 12.1. The molecule has 0 atom stereocenters. The zero-order valence-corrected chi connectivity index (χ0v) is 11.0. The number of aryl methyl sites for hydroxylation is 2. The summed E-state index contributed by atoms with van der Waals surface area (Å²) in [4.78, 5) is 4.49. The second-order valence-corrected chi connectivity index (χ2v) is 4.30. The number of nitrogens with one attached hydrogen (secondary N) is 1. The molecule has 18 heavy (non-hydrogen) atoms. The molecule has 1 N–H and O–H groups in total. The zero-order valence-electron chi connectivity index (χ0n) is 11.0. The second-order valence-electron chi connectivity index (χ2n) is 4.30. The van der Waals surface area contributed by atoms with Crippen molar-refractivity contribution >= 4 is 5.82 Å². The van der Waals surface area contributed by atoms with Gasteiger partial charge in [0.2, 0.25) is 0 Å². The van der Waals surface area contributed by atoms with Crippen LogP contribution in [0.1, 0.15) is 16.8 Å². The lowest BCUT2D eigenvalue weighted by Crippen LogP contribution is -2.02. The Bertz CT molecular complexity index is 521. The van der Waals surface area contributed by atoms with Crippen LogP contribution in [0.5, 0.6) is 5.75 Å². The van der Waals surface area contributed by atoms with Gasteiger partial charge in [-0.05, 0) is 43.2 Å². The average Bonchev–Trinajstić information content (AvgIpc) is 2.41. The molecule has 0 aliphatic heterocycles. The Hall–Kier alpha value is -2.03. The van der Waals surface area contributed by atoms with Gasteiger partial charge >= 0.3 is 0 Å². The van der Waals surface area contributed by atoms with E-state index in [1.807, 2.05) is 37.3 Å². The maximum Gasteiger partial charge on any atom is 0.126 e. The standard InChI is InChI=1S/C15H18N2O/c1-11-4-9-15(17-12(11)2)16-10-13-5-7-14(18-3)8-6-13/h4-9H,10H2,1-3H3,(H,16,17). The zero-order chi connectivity index (χ0) is 13.0. The van der Waals surface area contributed by atoms with Crippen molar-refractivity contribution in [3.05, 3.63) is 53.2 Å². The maximum absolute atomic E-state index is 5.13. The van der Waals surface area contributed by atoms with Crippen LogP contribution in [0.4, 0.5) is 5.82 Å². The third kappa shape index (κ3) is 3.00. The third-order valence-corrected chi connectivity index (χ3v) is 2.98. The molecule has 1 aromatic heterocycles. The normalized spacial score (nSPS) is 10.2. The molecule has 0 aliphatic rings. The van der Waals surface area contributed by atoms with Gasteiger partial charge in [-0.1, -0.05) is 18.2 Å². The van der Waals surface area contributed by atoms with Crippen LogP contribution in [0.25, 0.3) is 0 Å². The molecule has 3 heteroatoms. The van der Waals surface area contributed by atoms with E-state index in [0.717, 1.165) is 23.8 Å². The first-order chi connectivity index (χ1) is 8.69. The largest absolute Gasteiger partial charge is 0.497 e. The van der Waals surface area contributed by atoms with Crippen LogP contribution in [0, 0.1) is 13.8 Å². The van der Waals surface area contributed by atoms with E-state index in [1.54, 1.807) is 7.11 Å². The van der Waals surface area contributed by atoms with Crippen LogP contribution in [-0.4, -0.2) is 12.1 Å². The highest BCUT2D eigenvalue weighted by molar-refractivity contribution is 5.39. The van der Waals surface area contributed by atoms with Gasteiger partial charge in [-0.15, -0.1) is 0 Å². The average molecular weight is 242 g/mol. The van der Waals surface area contributed by atoms with E-state index in [4.69, 9.17) is 4.74 Å². The first kappa shape index (κ1) is 12.4. The fourth-order valence-electron chi connectivity index (χ4n) is 1.67. The lowest BCUT2D eigenvalue weighted by Gasteiger charge is -2.08. The second kappa shape index (κ2) is 5.54. The minimum absolute atomic E-state index is 0.763. The Kier molecular flexibility index (Phi) is 3.82. The van der Waals surface area contributed by atoms with Crippen molar-refractivity contribution in [3.63, 3.8) is 0 Å². The maximum atomic E-state index is 5.13. The molecule has 0 saturated carbocycles. The first-order valence-corrected chi connectivity index (χ1v) is 6.00. The highest BCUT2D eigenvalue weighted by Gasteiger charge is 1.98. The Balaban J connectivity index is 1.99. The number of hydrogen-bond donors (Lipinski definition) is 1. The summed E-state index contributed by atoms with van der Waals surface area (Å²) in [5, 5.41) is 3.31. The highest BCUT2D eigenvalue weighted by atomic mass is 16.5. The van der Waals surface area contributed by atoms with Gasteiger partial charge in [0.15, 0.2) is 0 Å². The Morgan fingerprint density at radius 3 is 2.39 bits per heavy atom. The summed E-state index contributed by atoms with van der Waals surface area (Å²) < 4.78 is 5.13. The summed E-state index contributed by atoms with van der Waals surface area (Å²) in [7, 11) is 1.67. The van der Waals surface area contributed by atoms with Crippen LogP contribution in [-0.2, 0) is 6.54 Å². The minimum Gasteiger partial charge on any atom is -0.497 e. The smallest absolute Gasteiger partial charge is 0.126 e. The number of aromatic nitrogens is 1. The van der Waals surface area contributed by atoms with Crippen molar-refractivity contribution in [1.29, 1.82) is 0 Å². The summed E-state index contributed by atoms with van der Waals surface area (Å²) in [5.74, 6) is 1.79. The van der Waals surface area contributed by atoms with Crippen molar-refractivity contribution in [1.82, 2.24) is 4.98 Å². The molecule has 2 rings (SSSR count). The number of rotatable bonds is 4. The molecule has 0 amide bonds. The molecule has 94 valence electrons. The van der Waals surface area contributed by atoms with Gasteiger partial charge in [0.05, 0.1) is 7.11 Å². The summed E-state index contributed by atoms with van der Waals surface area (Å²) in [6.07, 6.45) is 0. The van der Waals surface area contributed by atoms with E-state index in [-0.39, 0.29) is 0 Å². The van der Waals surface area contributed by atoms with Crippen molar-refractivity contribution < 1.29 is 4.74 Å². The number of hydrogen-bond acceptors (Lipinski definition) is 3. The quantitative estimate of drug-likeness (QED) is 0.893. The van der Waals surface area contributed by atoms with Crippen molar-refractivity contribution in [2.45, 2.75) is 20.4 Å². The lowest BCUT2D eigenvalue weighted by atomic mass is 10.2. The minimum atomic E-state index is 0.763. The number of pyridine rings is 1. The Morgan fingerprint density at radius 2 is 1.78 bits per heavy atom. The number of methoxy groups -OCH3 is 1. The molecule has 0 aliphatic carbocycles. The summed E-state index contributed by atoms with van der Waals surface area (Å²) in [6.45, 7) is 4.85. The molecular weight excluding hydrogens is 224 g/mol. The first-order valence-electron chi connectivity index (χ1n) is 6.00. The van der Waals surface area contributed by atoms with Gasteiger partial charge < -0.3 is 10.1 Å². The van der Waals surface area contributed by atoms with Gasteiger partial charge in [0.25, 0.3) is 0 Å². The van der Waals surface area contributed by atoms with Crippen molar-refractivity contribution in [3.8, 4) is 5.75 Å². The Morgan fingerprint density at radius 1 is 1.06 bits per heavy atom. The Labute approximate surface area is 108 Å². The summed E-state index contributed by atoms with van der Waals surface area (Å²) >= 11 is 0. The van der Waals surface area contributed by atoms with E-state index >= 15 is 0 Å². The fourth-order valence-corrected chi connectivity index (χ4v) is 1.67.